The molecule has 1 amide bonds. The first-order valence-electron chi connectivity index (χ1n) is 10.3. The van der Waals surface area contributed by atoms with Gasteiger partial charge < -0.3 is 19.8 Å². The number of aliphatic hydroxyl groups is 1. The van der Waals surface area contributed by atoms with Crippen LogP contribution in [-0.4, -0.2) is 72.3 Å². The number of rotatable bonds is 3. The fraction of sp³-hybridized carbons (Fsp3) is 0.750. The number of likely N-dealkylation sites (tertiary alicyclic amines) is 1. The van der Waals surface area contributed by atoms with E-state index in [1.807, 2.05) is 23.9 Å². The van der Waals surface area contributed by atoms with Gasteiger partial charge in [-0.25, -0.2) is 4.98 Å². The van der Waals surface area contributed by atoms with E-state index >= 15 is 0 Å². The highest BCUT2D eigenvalue weighted by Crippen LogP contribution is 2.33. The van der Waals surface area contributed by atoms with Crippen LogP contribution in [0.3, 0.4) is 0 Å². The largest absolute Gasteiger partial charge is 0.392 e. The maximum absolute atomic E-state index is 12.9. The summed E-state index contributed by atoms with van der Waals surface area (Å²) in [6, 6.07) is 0. The van der Waals surface area contributed by atoms with Gasteiger partial charge in [0, 0.05) is 45.8 Å². The number of hydrogen-bond donors (Lipinski definition) is 1. The van der Waals surface area contributed by atoms with Gasteiger partial charge in [0.25, 0.3) is 0 Å². The van der Waals surface area contributed by atoms with Gasteiger partial charge in [0.1, 0.15) is 5.82 Å². The predicted molar refractivity (Wildman–Crippen MR) is 105 cm³/mol. The minimum absolute atomic E-state index is 0.112. The number of aliphatic hydroxyl groups excluding tert-OH is 1. The normalized spacial score (nSPS) is 25.4. The number of carbonyl (C=O) groups is 1. The van der Waals surface area contributed by atoms with E-state index in [4.69, 9.17) is 9.97 Å². The second-order valence-electron chi connectivity index (χ2n) is 8.31. The minimum Gasteiger partial charge on any atom is -0.392 e. The topological polar surface area (TPSA) is 72.8 Å². The molecule has 4 rings (SSSR count). The quantitative estimate of drug-likeness (QED) is 0.859. The summed E-state index contributed by atoms with van der Waals surface area (Å²) in [6.45, 7) is 2.94. The van der Waals surface area contributed by atoms with Crippen molar-refractivity contribution in [2.24, 2.45) is 5.92 Å². The Bertz CT molecular complexity index is 702. The zero-order valence-electron chi connectivity index (χ0n) is 16.5. The van der Waals surface area contributed by atoms with E-state index in [0.717, 1.165) is 69.2 Å². The summed E-state index contributed by atoms with van der Waals surface area (Å²) < 4.78 is 0. The highest BCUT2D eigenvalue weighted by atomic mass is 16.3. The molecule has 0 radical (unpaired) electrons. The number of piperidine rings is 1. The van der Waals surface area contributed by atoms with Crippen molar-refractivity contribution in [3.05, 3.63) is 11.3 Å². The fourth-order valence-electron chi connectivity index (χ4n) is 4.57. The molecule has 2 saturated heterocycles. The maximum Gasteiger partial charge on any atom is 0.230 e. The molecule has 2 fully saturated rings. The molecule has 7 heteroatoms. The lowest BCUT2D eigenvalue weighted by molar-refractivity contribution is -0.138. The molecule has 1 aromatic heterocycles. The Hall–Kier alpha value is -1.89. The van der Waals surface area contributed by atoms with Crippen molar-refractivity contribution < 1.29 is 9.90 Å². The molecular formula is C20H31N5O2. The Balaban J connectivity index is 1.62. The van der Waals surface area contributed by atoms with Crippen molar-refractivity contribution in [1.82, 2.24) is 14.9 Å². The van der Waals surface area contributed by atoms with Gasteiger partial charge in [-0.3, -0.25) is 4.79 Å². The number of nitrogens with zero attached hydrogens (tertiary/aromatic N) is 5. The summed E-state index contributed by atoms with van der Waals surface area (Å²) in [5.74, 6) is 1.48. The van der Waals surface area contributed by atoms with E-state index in [0.29, 0.717) is 13.0 Å². The minimum atomic E-state index is -0.555. The molecule has 1 aromatic rings. The second-order valence-corrected chi connectivity index (χ2v) is 8.31. The van der Waals surface area contributed by atoms with Crippen molar-refractivity contribution in [3.8, 4) is 0 Å². The van der Waals surface area contributed by atoms with Gasteiger partial charge in [0.15, 0.2) is 0 Å². The van der Waals surface area contributed by atoms with Crippen molar-refractivity contribution in [1.29, 1.82) is 0 Å². The van der Waals surface area contributed by atoms with Gasteiger partial charge in [-0.15, -0.1) is 0 Å². The summed E-state index contributed by atoms with van der Waals surface area (Å²) in [7, 11) is 3.93. The van der Waals surface area contributed by atoms with Gasteiger partial charge in [0.2, 0.25) is 11.9 Å². The monoisotopic (exact) mass is 373 g/mol. The van der Waals surface area contributed by atoms with Crippen molar-refractivity contribution in [2.45, 2.75) is 51.0 Å². The first-order valence-corrected chi connectivity index (χ1v) is 10.3. The van der Waals surface area contributed by atoms with E-state index in [1.54, 1.807) is 0 Å². The zero-order chi connectivity index (χ0) is 19.0. The van der Waals surface area contributed by atoms with Crippen LogP contribution >= 0.6 is 0 Å². The van der Waals surface area contributed by atoms with Gasteiger partial charge in [0.05, 0.1) is 17.7 Å². The third-order valence-corrected chi connectivity index (χ3v) is 6.16. The Morgan fingerprint density at radius 1 is 1.07 bits per heavy atom. The number of fused-ring (bicyclic) bond motifs is 1. The van der Waals surface area contributed by atoms with Crippen LogP contribution in [-0.2, 0) is 17.6 Å². The lowest BCUT2D eigenvalue weighted by atomic mass is 9.91. The molecule has 0 spiro atoms. The van der Waals surface area contributed by atoms with Crippen LogP contribution < -0.4 is 9.80 Å². The second kappa shape index (κ2) is 7.62. The smallest absolute Gasteiger partial charge is 0.230 e. The molecule has 0 bridgehead atoms. The summed E-state index contributed by atoms with van der Waals surface area (Å²) in [5, 5.41) is 10.5. The van der Waals surface area contributed by atoms with E-state index < -0.39 is 6.10 Å². The summed E-state index contributed by atoms with van der Waals surface area (Å²) in [5.41, 5.74) is 2.40. The Morgan fingerprint density at radius 3 is 2.56 bits per heavy atom. The third kappa shape index (κ3) is 3.61. The summed E-state index contributed by atoms with van der Waals surface area (Å²) in [6.07, 6.45) is 6.54. The first-order chi connectivity index (χ1) is 13.0. The van der Waals surface area contributed by atoms with Crippen LogP contribution in [0.25, 0.3) is 0 Å². The Labute approximate surface area is 161 Å². The van der Waals surface area contributed by atoms with Gasteiger partial charge in [-0.2, -0.15) is 4.98 Å². The van der Waals surface area contributed by atoms with Crippen LogP contribution in [0, 0.1) is 5.92 Å². The average molecular weight is 374 g/mol. The zero-order valence-corrected chi connectivity index (χ0v) is 16.5. The predicted octanol–water partition coefficient (Wildman–Crippen LogP) is 1.23. The maximum atomic E-state index is 12.9. The van der Waals surface area contributed by atoms with E-state index in [1.165, 1.54) is 12.0 Å². The highest BCUT2D eigenvalue weighted by Gasteiger charge is 2.38. The van der Waals surface area contributed by atoms with Crippen molar-refractivity contribution in [3.63, 3.8) is 0 Å². The Morgan fingerprint density at radius 2 is 1.81 bits per heavy atom. The molecule has 0 saturated carbocycles. The number of aryl methyl sites for hydroxylation is 1. The standard InChI is InChI=1S/C20H31N5O2/c1-23(2)20-21-16-8-4-3-7-14(16)18(22-20)25-12-9-17(26)15(13-25)19(27)24-10-5-6-11-24/h15,17,26H,3-13H2,1-2H3/t15-,17+/m0/s1. The molecule has 2 aliphatic heterocycles. The molecule has 1 N–H and O–H groups in total. The lowest BCUT2D eigenvalue weighted by Crippen LogP contribution is -2.51. The number of hydrogen-bond acceptors (Lipinski definition) is 6. The van der Waals surface area contributed by atoms with Crippen molar-refractivity contribution >= 4 is 17.7 Å². The number of aromatic nitrogens is 2. The van der Waals surface area contributed by atoms with Crippen LogP contribution in [0.4, 0.5) is 11.8 Å². The average Bonchev–Trinajstić information content (AvgIpc) is 3.22. The molecule has 3 heterocycles. The highest BCUT2D eigenvalue weighted by molar-refractivity contribution is 5.80. The molecule has 27 heavy (non-hydrogen) atoms. The van der Waals surface area contributed by atoms with Crippen LogP contribution in [0.2, 0.25) is 0 Å². The number of amides is 1. The molecular weight excluding hydrogens is 342 g/mol. The van der Waals surface area contributed by atoms with Crippen LogP contribution in [0.15, 0.2) is 0 Å². The molecule has 7 nitrogen and oxygen atoms in total. The SMILES string of the molecule is CN(C)c1nc2c(c(N3CC[C@@H](O)[C@@H](C(=O)N4CCCC4)C3)n1)CCCC2. The summed E-state index contributed by atoms with van der Waals surface area (Å²) in [4.78, 5) is 28.7. The molecule has 148 valence electrons. The molecule has 0 aromatic carbocycles. The van der Waals surface area contributed by atoms with Crippen molar-refractivity contribution in [2.75, 3.05) is 50.1 Å². The molecule has 2 atom stereocenters. The number of carbonyl (C=O) groups excluding carboxylic acids is 1. The van der Waals surface area contributed by atoms with Gasteiger partial charge in [-0.05, 0) is 44.9 Å². The molecule has 0 unspecified atom stereocenters. The van der Waals surface area contributed by atoms with E-state index in [9.17, 15) is 9.90 Å². The van der Waals surface area contributed by atoms with E-state index in [2.05, 4.69) is 4.90 Å². The molecule has 3 aliphatic rings. The third-order valence-electron chi connectivity index (χ3n) is 6.16. The Kier molecular flexibility index (Phi) is 5.21. The lowest BCUT2D eigenvalue weighted by Gasteiger charge is -2.39. The van der Waals surface area contributed by atoms with Gasteiger partial charge in [-0.1, -0.05) is 0 Å². The fourth-order valence-corrected chi connectivity index (χ4v) is 4.57. The molecule has 1 aliphatic carbocycles. The van der Waals surface area contributed by atoms with Crippen LogP contribution in [0.5, 0.6) is 0 Å². The van der Waals surface area contributed by atoms with E-state index in [-0.39, 0.29) is 11.8 Å². The number of anilines is 2. The van der Waals surface area contributed by atoms with Crippen LogP contribution in [0.1, 0.15) is 43.4 Å². The van der Waals surface area contributed by atoms with Gasteiger partial charge >= 0.3 is 0 Å². The first kappa shape index (κ1) is 18.5. The summed E-state index contributed by atoms with van der Waals surface area (Å²) >= 11 is 0.